The van der Waals surface area contributed by atoms with E-state index in [0.29, 0.717) is 0 Å². The number of hydrogen-bond acceptors (Lipinski definition) is 3. The number of nitrogens with zero attached hydrogens (tertiary/aromatic N) is 1. The molecule has 1 atom stereocenters. The highest BCUT2D eigenvalue weighted by atomic mass is 32.1. The highest BCUT2D eigenvalue weighted by Gasteiger charge is 2.07. The first-order valence-corrected chi connectivity index (χ1v) is 5.42. The van der Waals surface area contributed by atoms with Gasteiger partial charge in [0.1, 0.15) is 0 Å². The van der Waals surface area contributed by atoms with Gasteiger partial charge in [-0.25, -0.2) is 0 Å². The molecule has 2 N–H and O–H groups in total. The minimum atomic E-state index is 0.0740. The Morgan fingerprint density at radius 1 is 1.29 bits per heavy atom. The van der Waals surface area contributed by atoms with Crippen molar-refractivity contribution < 1.29 is 0 Å². The van der Waals surface area contributed by atoms with Gasteiger partial charge in [0.2, 0.25) is 0 Å². The van der Waals surface area contributed by atoms with E-state index in [2.05, 4.69) is 17.1 Å². The Bertz CT molecular complexity index is 369. The zero-order valence-corrected chi connectivity index (χ0v) is 8.58. The predicted molar refractivity (Wildman–Crippen MR) is 59.2 cm³/mol. The van der Waals surface area contributed by atoms with Crippen molar-refractivity contribution in [1.82, 2.24) is 4.98 Å². The Morgan fingerprint density at radius 2 is 2.07 bits per heavy atom. The van der Waals surface area contributed by atoms with Crippen molar-refractivity contribution in [3.63, 3.8) is 0 Å². The van der Waals surface area contributed by atoms with Crippen LogP contribution in [0.25, 0.3) is 0 Å². The number of hydrogen-bond donors (Lipinski definition) is 1. The fourth-order valence-electron chi connectivity index (χ4n) is 1.38. The molecule has 3 heteroatoms. The van der Waals surface area contributed by atoms with Crippen LogP contribution in [0.15, 0.2) is 42.0 Å². The van der Waals surface area contributed by atoms with Gasteiger partial charge in [-0.3, -0.25) is 4.98 Å². The van der Waals surface area contributed by atoms with E-state index in [9.17, 15) is 0 Å². The molecule has 0 saturated carbocycles. The fraction of sp³-hybridized carbons (Fsp3) is 0.182. The molecule has 0 spiro atoms. The quantitative estimate of drug-likeness (QED) is 0.833. The molecule has 14 heavy (non-hydrogen) atoms. The van der Waals surface area contributed by atoms with Gasteiger partial charge < -0.3 is 5.73 Å². The molecule has 1 heterocycles. The van der Waals surface area contributed by atoms with E-state index in [0.717, 1.165) is 11.3 Å². The molecule has 72 valence electrons. The van der Waals surface area contributed by atoms with Gasteiger partial charge in [0.15, 0.2) is 0 Å². The molecule has 0 aliphatic carbocycles. The van der Waals surface area contributed by atoms with Gasteiger partial charge in [-0.05, 0) is 12.0 Å². The summed E-state index contributed by atoms with van der Waals surface area (Å²) in [7, 11) is 0. The summed E-state index contributed by atoms with van der Waals surface area (Å²) in [5.41, 5.74) is 9.13. The van der Waals surface area contributed by atoms with Crippen LogP contribution in [0.1, 0.15) is 16.5 Å². The zero-order valence-electron chi connectivity index (χ0n) is 7.76. The molecular weight excluding hydrogens is 192 g/mol. The number of thiazole rings is 1. The summed E-state index contributed by atoms with van der Waals surface area (Å²) >= 11 is 1.61. The zero-order chi connectivity index (χ0) is 9.80. The first-order valence-electron chi connectivity index (χ1n) is 4.54. The number of rotatable bonds is 3. The van der Waals surface area contributed by atoms with E-state index >= 15 is 0 Å². The van der Waals surface area contributed by atoms with E-state index in [1.807, 2.05) is 29.9 Å². The normalized spacial score (nSPS) is 12.6. The number of nitrogens with two attached hydrogens (primary N) is 1. The summed E-state index contributed by atoms with van der Waals surface area (Å²) < 4.78 is 0. The minimum Gasteiger partial charge on any atom is -0.323 e. The van der Waals surface area contributed by atoms with Crippen molar-refractivity contribution in [2.75, 3.05) is 0 Å². The van der Waals surface area contributed by atoms with Crippen LogP contribution in [-0.4, -0.2) is 4.98 Å². The molecule has 0 bridgehead atoms. The summed E-state index contributed by atoms with van der Waals surface area (Å²) in [6.07, 6.45) is 2.72. The number of aromatic nitrogens is 1. The van der Waals surface area contributed by atoms with E-state index in [4.69, 9.17) is 5.73 Å². The Balaban J connectivity index is 2.06. The molecule has 2 aromatic rings. The summed E-state index contributed by atoms with van der Waals surface area (Å²) in [5, 5.41) is 0. The predicted octanol–water partition coefficient (Wildman–Crippen LogP) is 2.39. The maximum atomic E-state index is 6.04. The molecule has 2 rings (SSSR count). The van der Waals surface area contributed by atoms with Crippen LogP contribution in [0, 0.1) is 0 Å². The first kappa shape index (κ1) is 9.37. The maximum Gasteiger partial charge on any atom is 0.0794 e. The summed E-state index contributed by atoms with van der Waals surface area (Å²) in [4.78, 5) is 5.17. The lowest BCUT2D eigenvalue weighted by Gasteiger charge is -2.08. The lowest BCUT2D eigenvalue weighted by Crippen LogP contribution is -2.11. The van der Waals surface area contributed by atoms with Crippen LogP contribution < -0.4 is 5.73 Å². The molecule has 0 aliphatic heterocycles. The molecule has 1 aromatic heterocycles. The average Bonchev–Trinajstić information content (AvgIpc) is 2.72. The van der Waals surface area contributed by atoms with E-state index < -0.39 is 0 Å². The SMILES string of the molecule is NC(Cc1ccccc1)c1cncs1. The Morgan fingerprint density at radius 3 is 2.71 bits per heavy atom. The topological polar surface area (TPSA) is 38.9 Å². The Labute approximate surface area is 87.4 Å². The van der Waals surface area contributed by atoms with Gasteiger partial charge in [0.25, 0.3) is 0 Å². The third-order valence-corrected chi connectivity index (χ3v) is 3.02. The lowest BCUT2D eigenvalue weighted by atomic mass is 10.1. The molecule has 0 saturated heterocycles. The summed E-state index contributed by atoms with van der Waals surface area (Å²) in [6.45, 7) is 0. The van der Waals surface area contributed by atoms with Crippen LogP contribution >= 0.6 is 11.3 Å². The molecular formula is C11H12N2S. The van der Waals surface area contributed by atoms with Crippen LogP contribution in [-0.2, 0) is 6.42 Å². The molecule has 1 unspecified atom stereocenters. The first-order chi connectivity index (χ1) is 6.86. The van der Waals surface area contributed by atoms with E-state index in [1.165, 1.54) is 5.56 Å². The van der Waals surface area contributed by atoms with Crippen LogP contribution in [0.2, 0.25) is 0 Å². The molecule has 0 radical (unpaired) electrons. The lowest BCUT2D eigenvalue weighted by molar-refractivity contribution is 0.734. The molecule has 1 aromatic carbocycles. The molecule has 0 amide bonds. The van der Waals surface area contributed by atoms with Crippen molar-refractivity contribution in [3.05, 3.63) is 52.5 Å². The third kappa shape index (κ3) is 2.19. The van der Waals surface area contributed by atoms with Gasteiger partial charge in [-0.15, -0.1) is 11.3 Å². The second-order valence-corrected chi connectivity index (χ2v) is 4.12. The fourth-order valence-corrected chi connectivity index (χ4v) is 2.00. The Hall–Kier alpha value is -1.19. The summed E-state index contributed by atoms with van der Waals surface area (Å²) in [5.74, 6) is 0. The van der Waals surface area contributed by atoms with Gasteiger partial charge in [0, 0.05) is 17.1 Å². The summed E-state index contributed by atoms with van der Waals surface area (Å²) in [6, 6.07) is 10.4. The van der Waals surface area contributed by atoms with Gasteiger partial charge in [0.05, 0.1) is 5.51 Å². The Kier molecular flexibility index (Phi) is 2.91. The van der Waals surface area contributed by atoms with Crippen LogP contribution in [0.3, 0.4) is 0 Å². The van der Waals surface area contributed by atoms with Crippen LogP contribution in [0.4, 0.5) is 0 Å². The van der Waals surface area contributed by atoms with E-state index in [1.54, 1.807) is 11.3 Å². The van der Waals surface area contributed by atoms with Gasteiger partial charge in [-0.2, -0.15) is 0 Å². The van der Waals surface area contributed by atoms with Crippen molar-refractivity contribution >= 4 is 11.3 Å². The molecule has 2 nitrogen and oxygen atoms in total. The smallest absolute Gasteiger partial charge is 0.0794 e. The molecule has 0 aliphatic rings. The van der Waals surface area contributed by atoms with Crippen molar-refractivity contribution in [1.29, 1.82) is 0 Å². The van der Waals surface area contributed by atoms with Crippen molar-refractivity contribution in [3.8, 4) is 0 Å². The molecule has 0 fully saturated rings. The maximum absolute atomic E-state index is 6.04. The van der Waals surface area contributed by atoms with Crippen molar-refractivity contribution in [2.45, 2.75) is 12.5 Å². The minimum absolute atomic E-state index is 0.0740. The number of benzene rings is 1. The monoisotopic (exact) mass is 204 g/mol. The standard InChI is InChI=1S/C11H12N2S/c12-10(11-7-13-8-14-11)6-9-4-2-1-3-5-9/h1-5,7-8,10H,6,12H2. The van der Waals surface area contributed by atoms with E-state index in [-0.39, 0.29) is 6.04 Å². The van der Waals surface area contributed by atoms with Crippen molar-refractivity contribution in [2.24, 2.45) is 5.73 Å². The average molecular weight is 204 g/mol. The highest BCUT2D eigenvalue weighted by molar-refractivity contribution is 7.09. The van der Waals surface area contributed by atoms with Crippen LogP contribution in [0.5, 0.6) is 0 Å². The second-order valence-electron chi connectivity index (χ2n) is 3.20. The van der Waals surface area contributed by atoms with Gasteiger partial charge in [-0.1, -0.05) is 30.3 Å². The van der Waals surface area contributed by atoms with Gasteiger partial charge >= 0.3 is 0 Å². The highest BCUT2D eigenvalue weighted by Crippen LogP contribution is 2.18. The largest absolute Gasteiger partial charge is 0.323 e. The second kappa shape index (κ2) is 4.35. The third-order valence-electron chi connectivity index (χ3n) is 2.12.